The molecule has 19 heavy (non-hydrogen) atoms. The number of hydrogen-bond donors (Lipinski definition) is 1. The first-order valence-corrected chi connectivity index (χ1v) is 8.01. The number of aliphatic hydroxyl groups is 1. The predicted octanol–water partition coefficient (Wildman–Crippen LogP) is 1.73. The molecule has 1 fully saturated rings. The standard InChI is InChI=1S/C14H25N3OS/c1-12-11-19-14(15-12)10-17-7-4-13(5-8-17)16(2)6-3-9-18/h11,13,18H,3-10H2,1-2H3. The van der Waals surface area contributed by atoms with Crippen molar-refractivity contribution in [2.45, 2.75) is 38.8 Å². The molecule has 1 aromatic rings. The number of aryl methyl sites for hydroxylation is 1. The van der Waals surface area contributed by atoms with Gasteiger partial charge in [-0.15, -0.1) is 11.3 Å². The Morgan fingerprint density at radius 1 is 1.47 bits per heavy atom. The Morgan fingerprint density at radius 2 is 2.21 bits per heavy atom. The van der Waals surface area contributed by atoms with Gasteiger partial charge in [0.15, 0.2) is 0 Å². The SMILES string of the molecule is Cc1csc(CN2CCC(N(C)CCCO)CC2)n1. The molecular formula is C14H25N3OS. The van der Waals surface area contributed by atoms with Crippen LogP contribution in [-0.4, -0.2) is 59.2 Å². The molecule has 108 valence electrons. The number of aliphatic hydroxyl groups excluding tert-OH is 1. The fourth-order valence-corrected chi connectivity index (χ4v) is 3.50. The minimum Gasteiger partial charge on any atom is -0.396 e. The second kappa shape index (κ2) is 7.33. The fraction of sp³-hybridized carbons (Fsp3) is 0.786. The van der Waals surface area contributed by atoms with Gasteiger partial charge in [-0.05, 0) is 33.2 Å². The number of likely N-dealkylation sites (tertiary alicyclic amines) is 1. The first-order chi connectivity index (χ1) is 9.19. The summed E-state index contributed by atoms with van der Waals surface area (Å²) in [6, 6.07) is 0.681. The van der Waals surface area contributed by atoms with Gasteiger partial charge < -0.3 is 10.0 Å². The van der Waals surface area contributed by atoms with E-state index in [1.807, 2.05) is 0 Å². The number of rotatable bonds is 6. The molecule has 2 rings (SSSR count). The smallest absolute Gasteiger partial charge is 0.107 e. The molecule has 0 bridgehead atoms. The monoisotopic (exact) mass is 283 g/mol. The first kappa shape index (κ1) is 14.9. The molecular weight excluding hydrogens is 258 g/mol. The maximum absolute atomic E-state index is 8.88. The average Bonchev–Trinajstić information content (AvgIpc) is 2.82. The van der Waals surface area contributed by atoms with E-state index in [0.717, 1.165) is 38.3 Å². The zero-order chi connectivity index (χ0) is 13.7. The van der Waals surface area contributed by atoms with Crippen molar-refractivity contribution in [2.75, 3.05) is 33.3 Å². The van der Waals surface area contributed by atoms with Crippen molar-refractivity contribution in [1.82, 2.24) is 14.8 Å². The molecule has 2 heterocycles. The molecule has 1 saturated heterocycles. The van der Waals surface area contributed by atoms with Crippen LogP contribution in [0.5, 0.6) is 0 Å². The number of piperidine rings is 1. The van der Waals surface area contributed by atoms with Gasteiger partial charge in [0.25, 0.3) is 0 Å². The Kier molecular flexibility index (Phi) is 5.76. The molecule has 0 unspecified atom stereocenters. The van der Waals surface area contributed by atoms with Crippen molar-refractivity contribution in [2.24, 2.45) is 0 Å². The zero-order valence-electron chi connectivity index (χ0n) is 12.0. The van der Waals surface area contributed by atoms with Crippen LogP contribution in [0.15, 0.2) is 5.38 Å². The van der Waals surface area contributed by atoms with Crippen molar-refractivity contribution >= 4 is 11.3 Å². The summed E-state index contributed by atoms with van der Waals surface area (Å²) in [7, 11) is 2.18. The van der Waals surface area contributed by atoms with E-state index in [1.54, 1.807) is 11.3 Å². The fourth-order valence-electron chi connectivity index (χ4n) is 2.69. The lowest BCUT2D eigenvalue weighted by Crippen LogP contribution is -2.43. The van der Waals surface area contributed by atoms with Crippen molar-refractivity contribution in [3.05, 3.63) is 16.1 Å². The second-order valence-electron chi connectivity index (χ2n) is 5.45. The summed E-state index contributed by atoms with van der Waals surface area (Å²) in [4.78, 5) is 9.45. The third kappa shape index (κ3) is 4.53. The quantitative estimate of drug-likeness (QED) is 0.863. The van der Waals surface area contributed by atoms with Crippen LogP contribution in [0.1, 0.15) is 30.0 Å². The molecule has 0 spiro atoms. The maximum atomic E-state index is 8.88. The predicted molar refractivity (Wildman–Crippen MR) is 79.5 cm³/mol. The van der Waals surface area contributed by atoms with E-state index in [4.69, 9.17) is 5.11 Å². The molecule has 0 radical (unpaired) electrons. The Morgan fingerprint density at radius 3 is 2.79 bits per heavy atom. The Labute approximate surface area is 120 Å². The van der Waals surface area contributed by atoms with Crippen LogP contribution in [-0.2, 0) is 6.54 Å². The van der Waals surface area contributed by atoms with Gasteiger partial charge in [-0.25, -0.2) is 4.98 Å². The highest BCUT2D eigenvalue weighted by Crippen LogP contribution is 2.19. The summed E-state index contributed by atoms with van der Waals surface area (Å²) in [6.45, 7) is 6.69. The summed E-state index contributed by atoms with van der Waals surface area (Å²) in [5, 5.41) is 12.3. The third-order valence-corrected chi connectivity index (χ3v) is 4.83. The minimum absolute atomic E-state index is 0.298. The van der Waals surface area contributed by atoms with Gasteiger partial charge in [0.2, 0.25) is 0 Å². The number of thiazole rings is 1. The maximum Gasteiger partial charge on any atom is 0.107 e. The summed E-state index contributed by atoms with van der Waals surface area (Å²) in [5.41, 5.74) is 1.14. The Hall–Kier alpha value is -0.490. The molecule has 1 aromatic heterocycles. The van der Waals surface area contributed by atoms with Crippen molar-refractivity contribution in [1.29, 1.82) is 0 Å². The Bertz CT molecular complexity index is 375. The van der Waals surface area contributed by atoms with E-state index in [1.165, 1.54) is 17.8 Å². The van der Waals surface area contributed by atoms with Crippen LogP contribution < -0.4 is 0 Å². The van der Waals surface area contributed by atoms with Gasteiger partial charge in [0.1, 0.15) is 5.01 Å². The van der Waals surface area contributed by atoms with Crippen LogP contribution in [0, 0.1) is 6.92 Å². The molecule has 1 aliphatic heterocycles. The second-order valence-corrected chi connectivity index (χ2v) is 6.39. The molecule has 0 atom stereocenters. The lowest BCUT2D eigenvalue weighted by atomic mass is 10.0. The van der Waals surface area contributed by atoms with Crippen LogP contribution in [0.3, 0.4) is 0 Å². The summed E-state index contributed by atoms with van der Waals surface area (Å²) in [5.74, 6) is 0. The van der Waals surface area contributed by atoms with Crippen LogP contribution in [0.2, 0.25) is 0 Å². The van der Waals surface area contributed by atoms with Gasteiger partial charge >= 0.3 is 0 Å². The van der Waals surface area contributed by atoms with Crippen LogP contribution >= 0.6 is 11.3 Å². The lowest BCUT2D eigenvalue weighted by Gasteiger charge is -2.36. The third-order valence-electron chi connectivity index (χ3n) is 3.87. The van der Waals surface area contributed by atoms with E-state index in [0.29, 0.717) is 12.6 Å². The Balaban J connectivity index is 1.73. The largest absolute Gasteiger partial charge is 0.396 e. The summed E-state index contributed by atoms with van der Waals surface area (Å²) >= 11 is 1.77. The van der Waals surface area contributed by atoms with Gasteiger partial charge in [-0.3, -0.25) is 4.90 Å². The van der Waals surface area contributed by atoms with E-state index in [9.17, 15) is 0 Å². The lowest BCUT2D eigenvalue weighted by molar-refractivity contribution is 0.117. The minimum atomic E-state index is 0.298. The number of nitrogens with zero attached hydrogens (tertiary/aromatic N) is 3. The first-order valence-electron chi connectivity index (χ1n) is 7.13. The van der Waals surface area contributed by atoms with E-state index < -0.39 is 0 Å². The zero-order valence-corrected chi connectivity index (χ0v) is 12.8. The highest BCUT2D eigenvalue weighted by atomic mass is 32.1. The summed E-state index contributed by atoms with van der Waals surface area (Å²) in [6.07, 6.45) is 3.34. The highest BCUT2D eigenvalue weighted by Gasteiger charge is 2.22. The molecule has 0 aromatic carbocycles. The van der Waals surface area contributed by atoms with Crippen LogP contribution in [0.25, 0.3) is 0 Å². The van der Waals surface area contributed by atoms with E-state index in [-0.39, 0.29) is 0 Å². The van der Waals surface area contributed by atoms with Gasteiger partial charge in [0, 0.05) is 43.4 Å². The average molecular weight is 283 g/mol. The summed E-state index contributed by atoms with van der Waals surface area (Å²) < 4.78 is 0. The van der Waals surface area contributed by atoms with Crippen molar-refractivity contribution in [3.8, 4) is 0 Å². The topological polar surface area (TPSA) is 39.6 Å². The van der Waals surface area contributed by atoms with Gasteiger partial charge in [-0.1, -0.05) is 0 Å². The number of aromatic nitrogens is 1. The molecule has 4 nitrogen and oxygen atoms in total. The molecule has 1 aliphatic rings. The molecule has 5 heteroatoms. The molecule has 1 N–H and O–H groups in total. The highest BCUT2D eigenvalue weighted by molar-refractivity contribution is 7.09. The van der Waals surface area contributed by atoms with Crippen LogP contribution in [0.4, 0.5) is 0 Å². The number of hydrogen-bond acceptors (Lipinski definition) is 5. The molecule has 0 saturated carbocycles. The van der Waals surface area contributed by atoms with Crippen molar-refractivity contribution in [3.63, 3.8) is 0 Å². The van der Waals surface area contributed by atoms with E-state index in [2.05, 4.69) is 34.1 Å². The van der Waals surface area contributed by atoms with Gasteiger partial charge in [0.05, 0.1) is 6.54 Å². The molecule has 0 amide bonds. The van der Waals surface area contributed by atoms with Gasteiger partial charge in [-0.2, -0.15) is 0 Å². The van der Waals surface area contributed by atoms with E-state index >= 15 is 0 Å². The normalized spacial score (nSPS) is 18.3. The van der Waals surface area contributed by atoms with Crippen molar-refractivity contribution < 1.29 is 5.11 Å². The molecule has 0 aliphatic carbocycles.